The highest BCUT2D eigenvalue weighted by Gasteiger charge is 2.21. The number of carbonyl (C=O) groups excluding carboxylic acids is 1. The molecule has 4 nitrogen and oxygen atoms in total. The van der Waals surface area contributed by atoms with E-state index in [-0.39, 0.29) is 12.5 Å². The van der Waals surface area contributed by atoms with Crippen LogP contribution in [0.2, 0.25) is 39.3 Å². The van der Waals surface area contributed by atoms with Crippen LogP contribution in [0.15, 0.2) is 16.6 Å². The second-order valence-electron chi connectivity index (χ2n) is 6.39. The summed E-state index contributed by atoms with van der Waals surface area (Å²) in [5, 5.41) is 0. The van der Waals surface area contributed by atoms with Gasteiger partial charge in [-0.25, -0.2) is 4.99 Å². The van der Waals surface area contributed by atoms with Crippen LogP contribution in [-0.4, -0.2) is 35.0 Å². The SMILES string of the molecule is C/C=C(\C)C(=NCC(=O)O[Si](C)(C)C)O[Si](C)(C)C. The van der Waals surface area contributed by atoms with Crippen molar-refractivity contribution < 1.29 is 13.6 Å². The summed E-state index contributed by atoms with van der Waals surface area (Å²) in [6.45, 7) is 16.1. The Balaban J connectivity index is 4.80. The molecule has 0 aromatic rings. The molecule has 0 aliphatic carbocycles. The molecule has 0 aliphatic heterocycles. The van der Waals surface area contributed by atoms with Gasteiger partial charge in [-0.2, -0.15) is 0 Å². The normalized spacial score (nSPS) is 14.3. The lowest BCUT2D eigenvalue weighted by atomic mass is 10.3. The predicted molar refractivity (Wildman–Crippen MR) is 85.6 cm³/mol. The van der Waals surface area contributed by atoms with Crippen LogP contribution in [0.4, 0.5) is 0 Å². The molecule has 0 bridgehead atoms. The van der Waals surface area contributed by atoms with E-state index in [0.717, 1.165) is 5.57 Å². The monoisotopic (exact) mass is 301 g/mol. The van der Waals surface area contributed by atoms with Crippen LogP contribution in [0.25, 0.3) is 0 Å². The number of nitrogens with zero attached hydrogens (tertiary/aromatic N) is 1. The Morgan fingerprint density at radius 1 is 1.05 bits per heavy atom. The summed E-state index contributed by atoms with van der Waals surface area (Å²) in [7, 11) is -3.57. The Labute approximate surface area is 119 Å². The van der Waals surface area contributed by atoms with Gasteiger partial charge >= 0.3 is 5.97 Å². The topological polar surface area (TPSA) is 47.9 Å². The van der Waals surface area contributed by atoms with Gasteiger partial charge in [0.25, 0.3) is 0 Å². The highest BCUT2D eigenvalue weighted by Crippen LogP contribution is 2.10. The van der Waals surface area contributed by atoms with Crippen molar-refractivity contribution in [2.75, 3.05) is 6.54 Å². The summed E-state index contributed by atoms with van der Waals surface area (Å²) >= 11 is 0. The molecule has 0 aromatic carbocycles. The molecule has 0 fully saturated rings. The van der Waals surface area contributed by atoms with Gasteiger partial charge in [0, 0.05) is 5.57 Å². The molecular weight excluding hydrogens is 274 g/mol. The molecule has 0 spiro atoms. The lowest BCUT2D eigenvalue weighted by Gasteiger charge is -2.21. The predicted octanol–water partition coefficient (Wildman–Crippen LogP) is 3.58. The first-order chi connectivity index (χ1) is 8.44. The minimum absolute atomic E-state index is 0.0231. The Morgan fingerprint density at radius 2 is 1.53 bits per heavy atom. The third-order valence-corrected chi connectivity index (χ3v) is 3.59. The molecule has 0 amide bonds. The van der Waals surface area contributed by atoms with E-state index in [2.05, 4.69) is 24.6 Å². The molecule has 0 atom stereocenters. The fourth-order valence-corrected chi connectivity index (χ4v) is 2.71. The summed E-state index contributed by atoms with van der Waals surface area (Å²) in [5.41, 5.74) is 0.947. The highest BCUT2D eigenvalue weighted by atomic mass is 28.4. The van der Waals surface area contributed by atoms with Crippen molar-refractivity contribution in [3.63, 3.8) is 0 Å². The summed E-state index contributed by atoms with van der Waals surface area (Å²) in [6, 6.07) is 0. The van der Waals surface area contributed by atoms with Crippen LogP contribution in [0, 0.1) is 0 Å². The average molecular weight is 302 g/mol. The van der Waals surface area contributed by atoms with Crippen LogP contribution < -0.4 is 0 Å². The lowest BCUT2D eigenvalue weighted by molar-refractivity contribution is -0.133. The Hall–Kier alpha value is -0.886. The van der Waals surface area contributed by atoms with E-state index in [1.165, 1.54) is 0 Å². The standard InChI is InChI=1S/C13H27NO3Si2/c1-9-11(2)13(17-19(6,7)8)14-10-12(15)16-18(3,4)5/h9H,10H2,1-8H3/b11-9+,14-13?. The van der Waals surface area contributed by atoms with E-state index in [4.69, 9.17) is 8.85 Å². The molecule has 0 heterocycles. The summed E-state index contributed by atoms with van der Waals surface area (Å²) < 4.78 is 11.3. The number of hydrogen-bond donors (Lipinski definition) is 0. The fraction of sp³-hybridized carbons (Fsp3) is 0.692. The van der Waals surface area contributed by atoms with Crippen molar-refractivity contribution in [2.24, 2.45) is 4.99 Å². The Kier molecular flexibility index (Phi) is 6.72. The fourth-order valence-electron chi connectivity index (χ4n) is 1.16. The van der Waals surface area contributed by atoms with Gasteiger partial charge in [-0.1, -0.05) is 6.08 Å². The molecule has 0 unspecified atom stereocenters. The zero-order valence-corrected chi connectivity index (χ0v) is 15.5. The number of hydrogen-bond acceptors (Lipinski definition) is 4. The van der Waals surface area contributed by atoms with Crippen LogP contribution in [-0.2, 0) is 13.6 Å². The molecule has 0 N–H and O–H groups in total. The van der Waals surface area contributed by atoms with E-state index in [0.29, 0.717) is 5.90 Å². The van der Waals surface area contributed by atoms with E-state index in [1.54, 1.807) is 0 Å². The van der Waals surface area contributed by atoms with Crippen LogP contribution in [0.1, 0.15) is 13.8 Å². The zero-order valence-electron chi connectivity index (χ0n) is 13.5. The Morgan fingerprint density at radius 3 is 1.89 bits per heavy atom. The van der Waals surface area contributed by atoms with Gasteiger partial charge in [0.1, 0.15) is 6.54 Å². The number of aliphatic imine (C=N–C) groups is 1. The highest BCUT2D eigenvalue weighted by molar-refractivity contribution is 6.71. The van der Waals surface area contributed by atoms with Crippen LogP contribution >= 0.6 is 0 Å². The molecular formula is C13H27NO3Si2. The van der Waals surface area contributed by atoms with Gasteiger partial charge in [0.15, 0.2) is 5.90 Å². The van der Waals surface area contributed by atoms with Crippen molar-refractivity contribution in [3.8, 4) is 0 Å². The summed E-state index contributed by atoms with van der Waals surface area (Å²) in [4.78, 5) is 16.0. The lowest BCUT2D eigenvalue weighted by Crippen LogP contribution is -2.32. The molecule has 6 heteroatoms. The Bertz CT molecular complexity index is 376. The largest absolute Gasteiger partial charge is 0.531 e. The molecule has 19 heavy (non-hydrogen) atoms. The van der Waals surface area contributed by atoms with Crippen molar-refractivity contribution in [1.29, 1.82) is 0 Å². The maximum Gasteiger partial charge on any atom is 0.314 e. The second kappa shape index (κ2) is 7.05. The first kappa shape index (κ1) is 18.1. The molecule has 0 saturated heterocycles. The quantitative estimate of drug-likeness (QED) is 0.443. The van der Waals surface area contributed by atoms with Crippen molar-refractivity contribution in [2.45, 2.75) is 53.1 Å². The van der Waals surface area contributed by atoms with Crippen molar-refractivity contribution in [3.05, 3.63) is 11.6 Å². The minimum Gasteiger partial charge on any atom is -0.531 e. The van der Waals surface area contributed by atoms with Crippen LogP contribution in [0.3, 0.4) is 0 Å². The first-order valence-electron chi connectivity index (χ1n) is 6.53. The summed E-state index contributed by atoms with van der Waals surface area (Å²) in [5.74, 6) is 0.286. The number of rotatable bonds is 5. The third kappa shape index (κ3) is 9.66. The number of allylic oxidation sites excluding steroid dienone is 1. The smallest absolute Gasteiger partial charge is 0.314 e. The summed E-state index contributed by atoms with van der Waals surface area (Å²) in [6.07, 6.45) is 1.93. The van der Waals surface area contributed by atoms with E-state index < -0.39 is 16.6 Å². The second-order valence-corrected chi connectivity index (χ2v) is 15.3. The number of carbonyl (C=O) groups is 1. The van der Waals surface area contributed by atoms with Gasteiger partial charge in [0.05, 0.1) is 0 Å². The van der Waals surface area contributed by atoms with Crippen LogP contribution in [0.5, 0.6) is 0 Å². The molecule has 110 valence electrons. The van der Waals surface area contributed by atoms with Gasteiger partial charge < -0.3 is 8.85 Å². The average Bonchev–Trinajstić information content (AvgIpc) is 2.19. The van der Waals surface area contributed by atoms with Gasteiger partial charge in [-0.15, -0.1) is 0 Å². The van der Waals surface area contributed by atoms with Crippen molar-refractivity contribution >= 4 is 28.5 Å². The molecule has 0 aliphatic rings. The molecule has 0 rings (SSSR count). The zero-order chi connectivity index (χ0) is 15.3. The maximum atomic E-state index is 11.7. The first-order valence-corrected chi connectivity index (χ1v) is 13.3. The van der Waals surface area contributed by atoms with E-state index >= 15 is 0 Å². The third-order valence-electron chi connectivity index (χ3n) is 1.94. The van der Waals surface area contributed by atoms with Gasteiger partial charge in [-0.3, -0.25) is 4.79 Å². The van der Waals surface area contributed by atoms with E-state index in [9.17, 15) is 4.79 Å². The van der Waals surface area contributed by atoms with E-state index in [1.807, 2.05) is 39.6 Å². The van der Waals surface area contributed by atoms with Crippen molar-refractivity contribution in [1.82, 2.24) is 0 Å². The molecule has 0 radical (unpaired) electrons. The minimum atomic E-state index is -1.84. The van der Waals surface area contributed by atoms with Gasteiger partial charge in [-0.05, 0) is 53.1 Å². The molecule has 0 aromatic heterocycles. The van der Waals surface area contributed by atoms with Gasteiger partial charge in [0.2, 0.25) is 16.6 Å². The maximum absolute atomic E-state index is 11.7. The molecule has 0 saturated carbocycles.